The molecule has 27 heavy (non-hydrogen) atoms. The average molecular weight is 350 g/mol. The first-order chi connectivity index (χ1) is 13.3. The van der Waals surface area contributed by atoms with Gasteiger partial charge in [-0.15, -0.1) is 0 Å². The van der Waals surface area contributed by atoms with E-state index in [1.807, 2.05) is 36.9 Å². The van der Waals surface area contributed by atoms with E-state index in [-0.39, 0.29) is 0 Å². The summed E-state index contributed by atoms with van der Waals surface area (Å²) in [6, 6.07) is 20.8. The maximum Gasteiger partial charge on any atom is 0.0675 e. The summed E-state index contributed by atoms with van der Waals surface area (Å²) in [4.78, 5) is 11.5. The second kappa shape index (κ2) is 6.25. The summed E-state index contributed by atoms with van der Waals surface area (Å²) >= 11 is 0. The zero-order valence-electron chi connectivity index (χ0n) is 14.9. The van der Waals surface area contributed by atoms with Crippen LogP contribution in [0.25, 0.3) is 43.6 Å². The van der Waals surface area contributed by atoms with Gasteiger partial charge in [-0.25, -0.2) is 0 Å². The van der Waals surface area contributed by atoms with Gasteiger partial charge < -0.3 is 9.55 Å². The van der Waals surface area contributed by atoms with E-state index in [1.165, 1.54) is 38.1 Å². The van der Waals surface area contributed by atoms with Gasteiger partial charge in [0.05, 0.1) is 23.4 Å². The molecule has 4 aromatic heterocycles. The Bertz CT molecular complexity index is 1290. The minimum atomic E-state index is 1.10. The van der Waals surface area contributed by atoms with Gasteiger partial charge in [0.15, 0.2) is 0 Å². The number of H-pyrrole nitrogens is 1. The number of rotatable bonds is 0. The highest BCUT2D eigenvalue weighted by molar-refractivity contribution is 6.07. The number of benzene rings is 2. The van der Waals surface area contributed by atoms with E-state index in [0.29, 0.717) is 0 Å². The largest absolute Gasteiger partial charge is 0.353 e. The number of hydrogen-bond acceptors (Lipinski definition) is 2. The fraction of sp³-hybridized carbons (Fsp3) is 0.0435. The van der Waals surface area contributed by atoms with Crippen LogP contribution in [0.4, 0.5) is 0 Å². The number of aryl methyl sites for hydroxylation is 1. The van der Waals surface area contributed by atoms with Crippen LogP contribution in [0.1, 0.15) is 0 Å². The summed E-state index contributed by atoms with van der Waals surface area (Å²) in [5.41, 5.74) is 4.72. The van der Waals surface area contributed by atoms with Crippen molar-refractivity contribution >= 4 is 43.6 Å². The molecule has 0 amide bonds. The molecule has 0 aliphatic heterocycles. The molecular formula is C23H18N4. The van der Waals surface area contributed by atoms with Crippen LogP contribution in [0.5, 0.6) is 0 Å². The van der Waals surface area contributed by atoms with Gasteiger partial charge in [-0.2, -0.15) is 0 Å². The summed E-state index contributed by atoms with van der Waals surface area (Å²) in [7, 11) is 2.08. The number of aromatic nitrogens is 4. The van der Waals surface area contributed by atoms with E-state index in [2.05, 4.69) is 75.1 Å². The van der Waals surface area contributed by atoms with Crippen molar-refractivity contribution in [2.45, 2.75) is 0 Å². The molecule has 6 aromatic rings. The van der Waals surface area contributed by atoms with Gasteiger partial charge in [0, 0.05) is 52.0 Å². The lowest BCUT2D eigenvalue weighted by Crippen LogP contribution is -1.85. The SMILES string of the molecule is Cn1c2ccccc2c2ccncc21.c1ccc2c(c1)[nH]c1cnccc12. The Hall–Kier alpha value is -3.66. The Labute approximate surface area is 156 Å². The average Bonchev–Trinajstić information content (AvgIpc) is 3.25. The fourth-order valence-electron chi connectivity index (χ4n) is 3.71. The highest BCUT2D eigenvalue weighted by Gasteiger charge is 2.05. The smallest absolute Gasteiger partial charge is 0.0675 e. The molecular weight excluding hydrogens is 332 g/mol. The topological polar surface area (TPSA) is 46.5 Å². The molecule has 0 bridgehead atoms. The minimum absolute atomic E-state index is 1.10. The third-order valence-corrected chi connectivity index (χ3v) is 5.02. The summed E-state index contributed by atoms with van der Waals surface area (Å²) < 4.78 is 2.18. The molecule has 0 saturated carbocycles. The van der Waals surface area contributed by atoms with Crippen molar-refractivity contribution in [2.75, 3.05) is 0 Å². The molecule has 6 rings (SSSR count). The van der Waals surface area contributed by atoms with Crippen LogP contribution in [0, 0.1) is 0 Å². The maximum atomic E-state index is 4.15. The molecule has 0 unspecified atom stereocenters. The first-order valence-corrected chi connectivity index (χ1v) is 8.90. The lowest BCUT2D eigenvalue weighted by Gasteiger charge is -1.95. The van der Waals surface area contributed by atoms with Gasteiger partial charge in [-0.3, -0.25) is 9.97 Å². The molecule has 0 radical (unpaired) electrons. The van der Waals surface area contributed by atoms with Crippen LogP contribution >= 0.6 is 0 Å². The van der Waals surface area contributed by atoms with Crippen LogP contribution in [-0.4, -0.2) is 19.5 Å². The first-order valence-electron chi connectivity index (χ1n) is 8.90. The second-order valence-electron chi connectivity index (χ2n) is 6.56. The highest BCUT2D eigenvalue weighted by Crippen LogP contribution is 2.26. The van der Waals surface area contributed by atoms with Crippen molar-refractivity contribution in [1.82, 2.24) is 19.5 Å². The van der Waals surface area contributed by atoms with E-state index in [1.54, 1.807) is 0 Å². The van der Waals surface area contributed by atoms with E-state index in [9.17, 15) is 0 Å². The third kappa shape index (κ3) is 2.54. The molecule has 0 aliphatic carbocycles. The Morgan fingerprint density at radius 1 is 0.630 bits per heavy atom. The van der Waals surface area contributed by atoms with Crippen LogP contribution < -0.4 is 0 Å². The van der Waals surface area contributed by atoms with Crippen LogP contribution in [-0.2, 0) is 7.05 Å². The number of para-hydroxylation sites is 2. The van der Waals surface area contributed by atoms with Gasteiger partial charge in [0.2, 0.25) is 0 Å². The third-order valence-electron chi connectivity index (χ3n) is 5.02. The molecule has 0 saturated heterocycles. The molecule has 4 heteroatoms. The quantitative estimate of drug-likeness (QED) is 0.396. The number of nitrogens with zero attached hydrogens (tertiary/aromatic N) is 3. The van der Waals surface area contributed by atoms with Crippen molar-refractivity contribution in [3.63, 3.8) is 0 Å². The Balaban J connectivity index is 0.000000119. The highest BCUT2D eigenvalue weighted by atomic mass is 14.9. The Morgan fingerprint density at radius 2 is 1.26 bits per heavy atom. The lowest BCUT2D eigenvalue weighted by atomic mass is 10.2. The summed E-state index contributed by atoms with van der Waals surface area (Å²) in [5.74, 6) is 0. The predicted molar refractivity (Wildman–Crippen MR) is 112 cm³/mol. The molecule has 0 fully saturated rings. The monoisotopic (exact) mass is 350 g/mol. The predicted octanol–water partition coefficient (Wildman–Crippen LogP) is 5.44. The van der Waals surface area contributed by atoms with Gasteiger partial charge in [0.25, 0.3) is 0 Å². The molecule has 2 aromatic carbocycles. The second-order valence-corrected chi connectivity index (χ2v) is 6.56. The molecule has 4 heterocycles. The zero-order chi connectivity index (χ0) is 18.2. The number of nitrogens with one attached hydrogen (secondary N) is 1. The minimum Gasteiger partial charge on any atom is -0.353 e. The summed E-state index contributed by atoms with van der Waals surface area (Å²) in [6.07, 6.45) is 7.43. The lowest BCUT2D eigenvalue weighted by molar-refractivity contribution is 1.01. The van der Waals surface area contributed by atoms with Gasteiger partial charge in [-0.05, 0) is 24.3 Å². The van der Waals surface area contributed by atoms with E-state index in [4.69, 9.17) is 0 Å². The number of aromatic amines is 1. The number of pyridine rings is 2. The molecule has 130 valence electrons. The molecule has 1 N–H and O–H groups in total. The van der Waals surface area contributed by atoms with Crippen molar-refractivity contribution < 1.29 is 0 Å². The van der Waals surface area contributed by atoms with Crippen LogP contribution in [0.15, 0.2) is 85.5 Å². The van der Waals surface area contributed by atoms with Crippen LogP contribution in [0.2, 0.25) is 0 Å². The molecule has 0 spiro atoms. The summed E-state index contributed by atoms with van der Waals surface area (Å²) in [5, 5.41) is 5.08. The van der Waals surface area contributed by atoms with E-state index >= 15 is 0 Å². The zero-order valence-corrected chi connectivity index (χ0v) is 14.9. The molecule has 0 atom stereocenters. The standard InChI is InChI=1S/C12H10N2.C11H8N2/c1-14-11-5-3-2-4-9(11)10-6-7-13-8-12(10)14;1-2-4-10-8(3-1)9-5-6-12-7-11(9)13-10/h2-8H,1H3;1-7,13H. The van der Waals surface area contributed by atoms with Crippen LogP contribution in [0.3, 0.4) is 0 Å². The van der Waals surface area contributed by atoms with Crippen molar-refractivity contribution in [3.05, 3.63) is 85.5 Å². The first kappa shape index (κ1) is 15.6. The Kier molecular flexibility index (Phi) is 3.61. The van der Waals surface area contributed by atoms with Gasteiger partial charge in [0.1, 0.15) is 0 Å². The molecule has 0 aliphatic rings. The summed E-state index contributed by atoms with van der Waals surface area (Å²) in [6.45, 7) is 0. The van der Waals surface area contributed by atoms with E-state index < -0.39 is 0 Å². The van der Waals surface area contributed by atoms with Gasteiger partial charge in [-0.1, -0.05) is 36.4 Å². The number of fused-ring (bicyclic) bond motifs is 6. The normalized spacial score (nSPS) is 11.1. The van der Waals surface area contributed by atoms with Crippen molar-refractivity contribution in [1.29, 1.82) is 0 Å². The van der Waals surface area contributed by atoms with Crippen molar-refractivity contribution in [2.24, 2.45) is 7.05 Å². The fourth-order valence-corrected chi connectivity index (χ4v) is 3.71. The molecule has 4 nitrogen and oxygen atoms in total. The van der Waals surface area contributed by atoms with Crippen molar-refractivity contribution in [3.8, 4) is 0 Å². The maximum absolute atomic E-state index is 4.15. The number of hydrogen-bond donors (Lipinski definition) is 1. The Morgan fingerprint density at radius 3 is 2.15 bits per heavy atom. The van der Waals surface area contributed by atoms with E-state index in [0.717, 1.165) is 5.52 Å². The van der Waals surface area contributed by atoms with Gasteiger partial charge >= 0.3 is 0 Å².